The highest BCUT2D eigenvalue weighted by Gasteiger charge is 2.11. The number of halogens is 2. The second-order valence-corrected chi connectivity index (χ2v) is 4.69. The first-order chi connectivity index (χ1) is 11.6. The molecule has 2 aromatic rings. The number of anilines is 1. The zero-order valence-electron chi connectivity index (χ0n) is 13.4. The van der Waals surface area contributed by atoms with Crippen LogP contribution < -0.4 is 24.3 Å². The molecule has 0 saturated heterocycles. The zero-order chi connectivity index (χ0) is 17.4. The summed E-state index contributed by atoms with van der Waals surface area (Å²) in [5.41, 5.74) is 0.629. The molecule has 2 rings (SSSR count). The minimum atomic E-state index is -2.91. The van der Waals surface area contributed by atoms with Crippen molar-refractivity contribution in [2.45, 2.75) is 6.61 Å². The van der Waals surface area contributed by atoms with Gasteiger partial charge in [0.25, 0.3) is 0 Å². The fourth-order valence-electron chi connectivity index (χ4n) is 2.01. The maximum atomic E-state index is 12.4. The highest BCUT2D eigenvalue weighted by molar-refractivity contribution is 5.54. The molecule has 1 N–H and O–H groups in total. The van der Waals surface area contributed by atoms with Gasteiger partial charge >= 0.3 is 6.61 Å². The third-order valence-corrected chi connectivity index (χ3v) is 3.14. The first-order valence-electron chi connectivity index (χ1n) is 7.26. The molecule has 7 heteroatoms. The minimum absolute atomic E-state index is 0.0198. The van der Waals surface area contributed by atoms with Crippen molar-refractivity contribution >= 4 is 5.69 Å². The van der Waals surface area contributed by atoms with Crippen molar-refractivity contribution in [1.29, 1.82) is 0 Å². The van der Waals surface area contributed by atoms with Crippen LogP contribution in [0.1, 0.15) is 0 Å². The van der Waals surface area contributed by atoms with Gasteiger partial charge in [-0.3, -0.25) is 0 Å². The molecule has 24 heavy (non-hydrogen) atoms. The number of benzene rings is 2. The highest BCUT2D eigenvalue weighted by atomic mass is 19.3. The molecule has 0 bridgehead atoms. The van der Waals surface area contributed by atoms with E-state index >= 15 is 0 Å². The Labute approximate surface area is 139 Å². The van der Waals surface area contributed by atoms with E-state index in [1.807, 2.05) is 0 Å². The Morgan fingerprint density at radius 2 is 1.62 bits per heavy atom. The van der Waals surface area contributed by atoms with Crippen LogP contribution in [-0.4, -0.2) is 34.0 Å². The molecule has 130 valence electrons. The van der Waals surface area contributed by atoms with E-state index in [0.29, 0.717) is 24.6 Å². The Morgan fingerprint density at radius 1 is 0.917 bits per heavy atom. The monoisotopic (exact) mass is 339 g/mol. The van der Waals surface area contributed by atoms with Gasteiger partial charge in [-0.25, -0.2) is 0 Å². The molecule has 0 aliphatic rings. The van der Waals surface area contributed by atoms with E-state index in [4.69, 9.17) is 14.2 Å². The summed E-state index contributed by atoms with van der Waals surface area (Å²) >= 11 is 0. The molecule has 0 aromatic heterocycles. The predicted octanol–water partition coefficient (Wildman–Crippen LogP) is 3.80. The molecular formula is C17H19F2NO4. The van der Waals surface area contributed by atoms with Gasteiger partial charge in [-0.15, -0.1) is 0 Å². The lowest BCUT2D eigenvalue weighted by atomic mass is 10.2. The van der Waals surface area contributed by atoms with Gasteiger partial charge in [0, 0.05) is 18.3 Å². The van der Waals surface area contributed by atoms with Crippen LogP contribution in [0.25, 0.3) is 0 Å². The fourth-order valence-corrected chi connectivity index (χ4v) is 2.01. The van der Waals surface area contributed by atoms with Crippen LogP contribution in [0.4, 0.5) is 14.5 Å². The number of nitrogens with one attached hydrogen (secondary N) is 1. The highest BCUT2D eigenvalue weighted by Crippen LogP contribution is 2.31. The van der Waals surface area contributed by atoms with E-state index < -0.39 is 6.61 Å². The second-order valence-electron chi connectivity index (χ2n) is 4.69. The van der Waals surface area contributed by atoms with Crippen molar-refractivity contribution in [1.82, 2.24) is 0 Å². The molecule has 0 radical (unpaired) electrons. The van der Waals surface area contributed by atoms with Crippen molar-refractivity contribution in [2.24, 2.45) is 0 Å². The summed E-state index contributed by atoms with van der Waals surface area (Å²) in [6.07, 6.45) is 0. The van der Waals surface area contributed by atoms with Crippen molar-refractivity contribution in [3.63, 3.8) is 0 Å². The first kappa shape index (κ1) is 17.7. The van der Waals surface area contributed by atoms with E-state index in [2.05, 4.69) is 10.1 Å². The Kier molecular flexibility index (Phi) is 6.48. The number of alkyl halides is 2. The summed E-state index contributed by atoms with van der Waals surface area (Å²) in [5, 5.41) is 3.07. The van der Waals surface area contributed by atoms with Crippen LogP contribution >= 0.6 is 0 Å². The topological polar surface area (TPSA) is 49.0 Å². The van der Waals surface area contributed by atoms with Crippen LogP contribution in [0.3, 0.4) is 0 Å². The van der Waals surface area contributed by atoms with Gasteiger partial charge in [0.05, 0.1) is 14.2 Å². The van der Waals surface area contributed by atoms with Gasteiger partial charge < -0.3 is 24.3 Å². The molecule has 0 unspecified atom stereocenters. The summed E-state index contributed by atoms with van der Waals surface area (Å²) in [7, 11) is 2.99. The Balaban J connectivity index is 1.84. The maximum Gasteiger partial charge on any atom is 0.387 e. The lowest BCUT2D eigenvalue weighted by Crippen LogP contribution is -2.12. The lowest BCUT2D eigenvalue weighted by molar-refractivity contribution is -0.0511. The summed E-state index contributed by atoms with van der Waals surface area (Å²) in [6.45, 7) is -2.01. The van der Waals surface area contributed by atoms with E-state index in [1.54, 1.807) is 43.5 Å². The van der Waals surface area contributed by atoms with Crippen LogP contribution in [0.15, 0.2) is 42.5 Å². The van der Waals surface area contributed by atoms with E-state index in [9.17, 15) is 8.78 Å². The van der Waals surface area contributed by atoms with Crippen LogP contribution in [0, 0.1) is 0 Å². The quantitative estimate of drug-likeness (QED) is 0.704. The Bertz CT molecular complexity index is 635. The molecule has 0 atom stereocenters. The van der Waals surface area contributed by atoms with Gasteiger partial charge in [-0.1, -0.05) is 0 Å². The number of hydrogen-bond acceptors (Lipinski definition) is 5. The smallest absolute Gasteiger partial charge is 0.387 e. The van der Waals surface area contributed by atoms with Crippen LogP contribution in [0.2, 0.25) is 0 Å². The molecular weight excluding hydrogens is 320 g/mol. The molecule has 0 spiro atoms. The summed E-state index contributed by atoms with van der Waals surface area (Å²) < 4.78 is 44.8. The van der Waals surface area contributed by atoms with E-state index in [0.717, 1.165) is 5.75 Å². The molecule has 0 saturated carbocycles. The molecule has 0 fully saturated rings. The molecule has 0 amide bonds. The molecule has 0 aliphatic heterocycles. The van der Waals surface area contributed by atoms with Gasteiger partial charge in [-0.2, -0.15) is 8.78 Å². The number of ether oxygens (including phenoxy) is 4. The van der Waals surface area contributed by atoms with Crippen molar-refractivity contribution in [2.75, 3.05) is 32.7 Å². The number of hydrogen-bond donors (Lipinski definition) is 1. The molecule has 5 nitrogen and oxygen atoms in total. The van der Waals surface area contributed by atoms with Crippen LogP contribution in [0.5, 0.6) is 23.0 Å². The Hall–Kier alpha value is -2.70. The average Bonchev–Trinajstić information content (AvgIpc) is 2.59. The van der Waals surface area contributed by atoms with E-state index in [1.165, 1.54) is 13.2 Å². The van der Waals surface area contributed by atoms with Gasteiger partial charge in [-0.05, 0) is 36.4 Å². The van der Waals surface area contributed by atoms with Gasteiger partial charge in [0.1, 0.15) is 18.1 Å². The average molecular weight is 339 g/mol. The molecule has 2 aromatic carbocycles. The fraction of sp³-hybridized carbons (Fsp3) is 0.294. The Morgan fingerprint density at radius 3 is 2.25 bits per heavy atom. The first-order valence-corrected chi connectivity index (χ1v) is 7.26. The largest absolute Gasteiger partial charge is 0.497 e. The summed E-state index contributed by atoms with van der Waals surface area (Å²) in [4.78, 5) is 0. The third-order valence-electron chi connectivity index (χ3n) is 3.14. The van der Waals surface area contributed by atoms with Crippen molar-refractivity contribution in [3.8, 4) is 23.0 Å². The number of rotatable bonds is 9. The van der Waals surface area contributed by atoms with E-state index in [-0.39, 0.29) is 11.5 Å². The standard InChI is InChI=1S/C17H19F2NO4/c1-21-13-4-6-14(7-5-13)23-10-9-20-12-3-8-15(22-2)16(11-12)24-17(18)19/h3-8,11,17,20H,9-10H2,1-2H3. The maximum absolute atomic E-state index is 12.4. The minimum Gasteiger partial charge on any atom is -0.497 e. The SMILES string of the molecule is COc1ccc(OCCNc2ccc(OC)c(OC(F)F)c2)cc1. The second kappa shape index (κ2) is 8.81. The van der Waals surface area contributed by atoms with Crippen molar-refractivity contribution in [3.05, 3.63) is 42.5 Å². The third kappa shape index (κ3) is 5.19. The molecule has 0 heterocycles. The number of methoxy groups -OCH3 is 2. The normalized spacial score (nSPS) is 10.4. The molecule has 0 aliphatic carbocycles. The van der Waals surface area contributed by atoms with Gasteiger partial charge in [0.15, 0.2) is 11.5 Å². The van der Waals surface area contributed by atoms with Gasteiger partial charge in [0.2, 0.25) is 0 Å². The summed E-state index contributed by atoms with van der Waals surface area (Å²) in [5.74, 6) is 1.70. The van der Waals surface area contributed by atoms with Crippen LogP contribution in [-0.2, 0) is 0 Å². The zero-order valence-corrected chi connectivity index (χ0v) is 13.4. The van der Waals surface area contributed by atoms with Crippen molar-refractivity contribution < 1.29 is 27.7 Å². The predicted molar refractivity (Wildman–Crippen MR) is 86.6 cm³/mol. The lowest BCUT2D eigenvalue weighted by Gasteiger charge is -2.13. The summed E-state index contributed by atoms with van der Waals surface area (Å²) in [6, 6.07) is 12.0.